The van der Waals surface area contributed by atoms with Crippen molar-refractivity contribution in [3.63, 3.8) is 0 Å². The van der Waals surface area contributed by atoms with Crippen LogP contribution in [0.15, 0.2) is 40.7 Å². The number of halogens is 1. The first-order valence-corrected chi connectivity index (χ1v) is 10.5. The number of benzene rings is 1. The van der Waals surface area contributed by atoms with Gasteiger partial charge in [0, 0.05) is 17.9 Å². The SMILES string of the molecule is CC(SCc1cc2ccc(F)cc2[nH]c1=O)C(=O)NCCC1=CCCCC1. The number of thioether (sulfide) groups is 1. The highest BCUT2D eigenvalue weighted by Crippen LogP contribution is 2.21. The minimum Gasteiger partial charge on any atom is -0.355 e. The first-order valence-electron chi connectivity index (χ1n) is 9.41. The predicted octanol–water partition coefficient (Wildman–Crippen LogP) is 4.30. The molecule has 0 spiro atoms. The van der Waals surface area contributed by atoms with Crippen LogP contribution < -0.4 is 10.9 Å². The summed E-state index contributed by atoms with van der Waals surface area (Å²) in [6, 6.07) is 6.09. The molecule has 0 bridgehead atoms. The van der Waals surface area contributed by atoms with Gasteiger partial charge in [0.15, 0.2) is 0 Å². The van der Waals surface area contributed by atoms with Crippen molar-refractivity contribution in [3.8, 4) is 0 Å². The van der Waals surface area contributed by atoms with Gasteiger partial charge < -0.3 is 10.3 Å². The number of allylic oxidation sites excluding steroid dienone is 1. The number of carbonyl (C=O) groups is 1. The van der Waals surface area contributed by atoms with E-state index >= 15 is 0 Å². The van der Waals surface area contributed by atoms with Gasteiger partial charge in [-0.2, -0.15) is 0 Å². The number of rotatable bonds is 7. The van der Waals surface area contributed by atoms with E-state index in [0.29, 0.717) is 23.4 Å². The maximum Gasteiger partial charge on any atom is 0.252 e. The summed E-state index contributed by atoms with van der Waals surface area (Å²) in [4.78, 5) is 27.1. The molecular weight excluding hydrogens is 363 g/mol. The molecule has 0 aliphatic heterocycles. The van der Waals surface area contributed by atoms with Crippen molar-refractivity contribution in [2.75, 3.05) is 6.54 Å². The van der Waals surface area contributed by atoms with Crippen molar-refractivity contribution in [1.82, 2.24) is 10.3 Å². The molecule has 0 saturated carbocycles. The molecule has 1 aliphatic rings. The summed E-state index contributed by atoms with van der Waals surface area (Å²) in [5, 5.41) is 3.53. The van der Waals surface area contributed by atoms with Gasteiger partial charge in [-0.05, 0) is 68.7 Å². The zero-order valence-corrected chi connectivity index (χ0v) is 16.3. The number of aromatic amines is 1. The van der Waals surface area contributed by atoms with Gasteiger partial charge >= 0.3 is 0 Å². The summed E-state index contributed by atoms with van der Waals surface area (Å²) in [5.41, 5.74) is 2.28. The fraction of sp³-hybridized carbons (Fsp3) is 0.429. The minimum absolute atomic E-state index is 0.00398. The molecule has 2 N–H and O–H groups in total. The molecule has 0 radical (unpaired) electrons. The number of amides is 1. The zero-order chi connectivity index (χ0) is 19.2. The Morgan fingerprint density at radius 1 is 1.33 bits per heavy atom. The van der Waals surface area contributed by atoms with Gasteiger partial charge in [-0.15, -0.1) is 11.8 Å². The van der Waals surface area contributed by atoms with Gasteiger partial charge in [-0.1, -0.05) is 11.6 Å². The van der Waals surface area contributed by atoms with Gasteiger partial charge in [0.05, 0.1) is 10.8 Å². The van der Waals surface area contributed by atoms with Gasteiger partial charge in [0.1, 0.15) is 5.82 Å². The fourth-order valence-electron chi connectivity index (χ4n) is 3.24. The number of hydrogen-bond acceptors (Lipinski definition) is 3. The summed E-state index contributed by atoms with van der Waals surface area (Å²) in [6.45, 7) is 2.52. The largest absolute Gasteiger partial charge is 0.355 e. The second kappa shape index (κ2) is 9.22. The van der Waals surface area contributed by atoms with E-state index in [9.17, 15) is 14.0 Å². The van der Waals surface area contributed by atoms with Crippen LogP contribution in [0.5, 0.6) is 0 Å². The van der Waals surface area contributed by atoms with E-state index < -0.39 is 0 Å². The molecule has 2 aromatic rings. The topological polar surface area (TPSA) is 62.0 Å². The molecule has 3 rings (SSSR count). The molecule has 1 atom stereocenters. The molecule has 0 saturated heterocycles. The Hall–Kier alpha value is -2.08. The van der Waals surface area contributed by atoms with Crippen molar-refractivity contribution in [3.05, 3.63) is 57.6 Å². The molecule has 1 aromatic carbocycles. The summed E-state index contributed by atoms with van der Waals surface area (Å²) in [7, 11) is 0. The van der Waals surface area contributed by atoms with Crippen LogP contribution in [0.25, 0.3) is 10.9 Å². The lowest BCUT2D eigenvalue weighted by Gasteiger charge is -2.15. The summed E-state index contributed by atoms with van der Waals surface area (Å²) < 4.78 is 13.3. The quantitative estimate of drug-likeness (QED) is 0.696. The molecular formula is C21H25FN2O2S. The van der Waals surface area contributed by atoms with E-state index in [-0.39, 0.29) is 22.5 Å². The van der Waals surface area contributed by atoms with Crippen LogP contribution in [0.3, 0.4) is 0 Å². The Morgan fingerprint density at radius 3 is 2.96 bits per heavy atom. The third kappa shape index (κ3) is 5.45. The molecule has 1 unspecified atom stereocenters. The Bertz CT molecular complexity index is 907. The number of hydrogen-bond donors (Lipinski definition) is 2. The van der Waals surface area contributed by atoms with Crippen molar-refractivity contribution in [1.29, 1.82) is 0 Å². The van der Waals surface area contributed by atoms with Crippen LogP contribution in [0.4, 0.5) is 4.39 Å². The monoisotopic (exact) mass is 388 g/mol. The molecule has 6 heteroatoms. The molecule has 0 fully saturated rings. The molecule has 4 nitrogen and oxygen atoms in total. The van der Waals surface area contributed by atoms with Gasteiger partial charge in [0.25, 0.3) is 5.56 Å². The lowest BCUT2D eigenvalue weighted by molar-refractivity contribution is -0.120. The Labute approximate surface area is 162 Å². The highest BCUT2D eigenvalue weighted by atomic mass is 32.2. The highest BCUT2D eigenvalue weighted by molar-refractivity contribution is 7.99. The zero-order valence-electron chi connectivity index (χ0n) is 15.5. The maximum atomic E-state index is 13.3. The van der Waals surface area contributed by atoms with Gasteiger partial charge in [-0.3, -0.25) is 9.59 Å². The number of H-pyrrole nitrogens is 1. The third-order valence-corrected chi connectivity index (χ3v) is 6.07. The van der Waals surface area contributed by atoms with Crippen LogP contribution in [0.2, 0.25) is 0 Å². The number of pyridine rings is 1. The molecule has 1 amide bonds. The van der Waals surface area contributed by atoms with Crippen molar-refractivity contribution >= 4 is 28.6 Å². The van der Waals surface area contributed by atoms with E-state index in [0.717, 1.165) is 24.6 Å². The first kappa shape index (κ1) is 19.7. The average Bonchev–Trinajstić information content (AvgIpc) is 2.66. The maximum absolute atomic E-state index is 13.3. The summed E-state index contributed by atoms with van der Waals surface area (Å²) in [5.74, 6) is 0.0489. The van der Waals surface area contributed by atoms with Crippen LogP contribution in [0, 0.1) is 5.82 Å². The smallest absolute Gasteiger partial charge is 0.252 e. The van der Waals surface area contributed by atoms with E-state index in [1.165, 1.54) is 42.3 Å². The lowest BCUT2D eigenvalue weighted by Crippen LogP contribution is -2.32. The van der Waals surface area contributed by atoms with E-state index in [1.807, 2.05) is 6.92 Å². The van der Waals surface area contributed by atoms with Crippen LogP contribution >= 0.6 is 11.8 Å². The van der Waals surface area contributed by atoms with Crippen LogP contribution in [-0.2, 0) is 10.5 Å². The minimum atomic E-state index is -0.380. The number of carbonyl (C=O) groups excluding carboxylic acids is 1. The second-order valence-electron chi connectivity index (χ2n) is 6.96. The predicted molar refractivity (Wildman–Crippen MR) is 109 cm³/mol. The highest BCUT2D eigenvalue weighted by Gasteiger charge is 2.15. The number of nitrogens with one attached hydrogen (secondary N) is 2. The van der Waals surface area contributed by atoms with E-state index in [1.54, 1.807) is 12.1 Å². The molecule has 27 heavy (non-hydrogen) atoms. The Balaban J connectivity index is 1.51. The van der Waals surface area contributed by atoms with E-state index in [2.05, 4.69) is 16.4 Å². The van der Waals surface area contributed by atoms with Crippen LogP contribution in [-0.4, -0.2) is 22.7 Å². The molecule has 1 heterocycles. The average molecular weight is 389 g/mol. The van der Waals surface area contributed by atoms with Gasteiger partial charge in [-0.25, -0.2) is 4.39 Å². The first-order chi connectivity index (χ1) is 13.0. The lowest BCUT2D eigenvalue weighted by atomic mass is 9.97. The third-order valence-electron chi connectivity index (χ3n) is 4.87. The second-order valence-corrected chi connectivity index (χ2v) is 8.29. The number of fused-ring (bicyclic) bond motifs is 1. The Kier molecular flexibility index (Phi) is 6.72. The molecule has 1 aromatic heterocycles. The number of aromatic nitrogens is 1. The normalized spacial score (nSPS) is 15.4. The molecule has 1 aliphatic carbocycles. The standard InChI is InChI=1S/C21H25FN2O2S/c1-14(20(25)23-10-9-15-5-3-2-4-6-15)27-13-17-11-16-7-8-18(22)12-19(16)24-21(17)26/h5,7-8,11-12,14H,2-4,6,9-10,13H2,1H3,(H,23,25)(H,24,26). The van der Waals surface area contributed by atoms with Crippen molar-refractivity contribution < 1.29 is 9.18 Å². The van der Waals surface area contributed by atoms with Crippen LogP contribution in [0.1, 0.15) is 44.6 Å². The van der Waals surface area contributed by atoms with Crippen molar-refractivity contribution in [2.45, 2.75) is 50.0 Å². The summed E-state index contributed by atoms with van der Waals surface area (Å²) >= 11 is 1.43. The van der Waals surface area contributed by atoms with E-state index in [4.69, 9.17) is 0 Å². The van der Waals surface area contributed by atoms with Crippen molar-refractivity contribution in [2.24, 2.45) is 0 Å². The molecule has 144 valence electrons. The summed E-state index contributed by atoms with van der Waals surface area (Å²) in [6.07, 6.45) is 8.04. The fourth-order valence-corrected chi connectivity index (χ4v) is 4.12. The van der Waals surface area contributed by atoms with Gasteiger partial charge in [0.2, 0.25) is 5.91 Å². The Morgan fingerprint density at radius 2 is 2.19 bits per heavy atom.